The van der Waals surface area contributed by atoms with Gasteiger partial charge in [0.15, 0.2) is 11.6 Å². The first kappa shape index (κ1) is 9.33. The van der Waals surface area contributed by atoms with Gasteiger partial charge in [-0.15, -0.1) is 0 Å². The number of nitrogens with one attached hydrogen (secondary N) is 1. The summed E-state index contributed by atoms with van der Waals surface area (Å²) >= 11 is 3.05. The standard InChI is InChI=1S/C9H6BrFN2O/c1-4(14)9-12-7-2-5(10)6(11)3-8(7)13-9/h2-3H,1H3,(H,12,13). The number of Topliss-reactive ketones (excluding diaryl/α,β-unsaturated/α-hetero) is 1. The molecule has 0 saturated carbocycles. The molecule has 0 aliphatic carbocycles. The van der Waals surface area contributed by atoms with Gasteiger partial charge in [0.25, 0.3) is 0 Å². The zero-order valence-corrected chi connectivity index (χ0v) is 8.85. The van der Waals surface area contributed by atoms with E-state index >= 15 is 0 Å². The second-order valence-electron chi connectivity index (χ2n) is 2.93. The van der Waals surface area contributed by atoms with Crippen LogP contribution in [0.4, 0.5) is 4.39 Å². The van der Waals surface area contributed by atoms with E-state index in [2.05, 4.69) is 25.9 Å². The number of carbonyl (C=O) groups excluding carboxylic acids is 1. The molecule has 1 N–H and O–H groups in total. The molecular weight excluding hydrogens is 251 g/mol. The van der Waals surface area contributed by atoms with Crippen LogP contribution in [0, 0.1) is 5.82 Å². The summed E-state index contributed by atoms with van der Waals surface area (Å²) in [5.41, 5.74) is 1.10. The molecule has 0 unspecified atom stereocenters. The maximum absolute atomic E-state index is 13.1. The normalized spacial score (nSPS) is 10.8. The largest absolute Gasteiger partial charge is 0.335 e. The Hall–Kier alpha value is -1.23. The van der Waals surface area contributed by atoms with Gasteiger partial charge in [0, 0.05) is 13.0 Å². The van der Waals surface area contributed by atoms with E-state index in [9.17, 15) is 9.18 Å². The average molecular weight is 257 g/mol. The van der Waals surface area contributed by atoms with Crippen molar-refractivity contribution < 1.29 is 9.18 Å². The molecule has 0 aliphatic heterocycles. The Morgan fingerprint density at radius 2 is 2.29 bits per heavy atom. The van der Waals surface area contributed by atoms with Crippen molar-refractivity contribution in [2.45, 2.75) is 6.92 Å². The summed E-state index contributed by atoms with van der Waals surface area (Å²) in [4.78, 5) is 17.7. The summed E-state index contributed by atoms with van der Waals surface area (Å²) in [6, 6.07) is 2.84. The predicted molar refractivity (Wildman–Crippen MR) is 53.8 cm³/mol. The van der Waals surface area contributed by atoms with E-state index in [1.165, 1.54) is 19.1 Å². The molecule has 14 heavy (non-hydrogen) atoms. The molecule has 0 radical (unpaired) electrons. The van der Waals surface area contributed by atoms with E-state index in [1.807, 2.05) is 0 Å². The summed E-state index contributed by atoms with van der Waals surface area (Å²) in [5.74, 6) is -0.300. The lowest BCUT2D eigenvalue weighted by Crippen LogP contribution is -1.93. The molecule has 0 saturated heterocycles. The van der Waals surface area contributed by atoms with Crippen molar-refractivity contribution in [2.24, 2.45) is 0 Å². The monoisotopic (exact) mass is 256 g/mol. The van der Waals surface area contributed by atoms with Crippen molar-refractivity contribution in [2.75, 3.05) is 0 Å². The van der Waals surface area contributed by atoms with Crippen LogP contribution in [0.15, 0.2) is 16.6 Å². The highest BCUT2D eigenvalue weighted by molar-refractivity contribution is 9.10. The molecule has 0 fully saturated rings. The number of hydrogen-bond donors (Lipinski definition) is 1. The first-order valence-corrected chi connectivity index (χ1v) is 4.73. The van der Waals surface area contributed by atoms with Crippen LogP contribution in [0.5, 0.6) is 0 Å². The summed E-state index contributed by atoms with van der Waals surface area (Å²) in [6.07, 6.45) is 0. The first-order chi connectivity index (χ1) is 6.58. The topological polar surface area (TPSA) is 45.8 Å². The number of fused-ring (bicyclic) bond motifs is 1. The number of benzene rings is 1. The number of halogens is 2. The van der Waals surface area contributed by atoms with Crippen molar-refractivity contribution >= 4 is 32.7 Å². The summed E-state index contributed by atoms with van der Waals surface area (Å²) < 4.78 is 13.4. The molecule has 72 valence electrons. The number of carbonyl (C=O) groups is 1. The Labute approximate surface area is 87.5 Å². The number of aromatic amines is 1. The van der Waals surface area contributed by atoms with Gasteiger partial charge >= 0.3 is 0 Å². The molecule has 2 rings (SSSR count). The van der Waals surface area contributed by atoms with Gasteiger partial charge in [-0.05, 0) is 22.0 Å². The fraction of sp³-hybridized carbons (Fsp3) is 0.111. The van der Waals surface area contributed by atoms with Crippen LogP contribution < -0.4 is 0 Å². The zero-order chi connectivity index (χ0) is 10.3. The second kappa shape index (κ2) is 3.16. The van der Waals surface area contributed by atoms with E-state index in [4.69, 9.17) is 0 Å². The van der Waals surface area contributed by atoms with Gasteiger partial charge in [-0.2, -0.15) is 0 Å². The number of nitrogens with zero attached hydrogens (tertiary/aromatic N) is 1. The van der Waals surface area contributed by atoms with E-state index in [-0.39, 0.29) is 17.4 Å². The quantitative estimate of drug-likeness (QED) is 0.798. The minimum atomic E-state index is -0.378. The molecule has 2 aromatic rings. The number of aromatic nitrogens is 2. The average Bonchev–Trinajstić information content (AvgIpc) is 2.48. The van der Waals surface area contributed by atoms with Gasteiger partial charge in [-0.3, -0.25) is 4.79 Å². The first-order valence-electron chi connectivity index (χ1n) is 3.93. The van der Waals surface area contributed by atoms with E-state index in [1.54, 1.807) is 0 Å². The lowest BCUT2D eigenvalue weighted by Gasteiger charge is -1.92. The van der Waals surface area contributed by atoms with Gasteiger partial charge in [-0.25, -0.2) is 9.37 Å². The fourth-order valence-electron chi connectivity index (χ4n) is 1.17. The smallest absolute Gasteiger partial charge is 0.195 e. The number of ketones is 1. The summed E-state index contributed by atoms with van der Waals surface area (Å²) in [7, 11) is 0. The van der Waals surface area contributed by atoms with Crippen LogP contribution in [-0.4, -0.2) is 15.8 Å². The molecule has 5 heteroatoms. The third kappa shape index (κ3) is 1.43. The highest BCUT2D eigenvalue weighted by Gasteiger charge is 2.09. The van der Waals surface area contributed by atoms with Crippen molar-refractivity contribution in [3.8, 4) is 0 Å². The number of H-pyrrole nitrogens is 1. The van der Waals surface area contributed by atoms with Crippen molar-refractivity contribution in [1.29, 1.82) is 0 Å². The molecule has 1 heterocycles. The maximum atomic E-state index is 13.1. The molecule has 0 atom stereocenters. The molecule has 3 nitrogen and oxygen atoms in total. The highest BCUT2D eigenvalue weighted by Crippen LogP contribution is 2.21. The molecule has 0 amide bonds. The zero-order valence-electron chi connectivity index (χ0n) is 7.27. The predicted octanol–water partition coefficient (Wildman–Crippen LogP) is 2.67. The Morgan fingerprint density at radius 3 is 2.93 bits per heavy atom. The summed E-state index contributed by atoms with van der Waals surface area (Å²) in [5, 5.41) is 0. The van der Waals surface area contributed by atoms with Gasteiger partial charge in [0.05, 0.1) is 15.5 Å². The van der Waals surface area contributed by atoms with Gasteiger partial charge < -0.3 is 4.98 Å². The third-order valence-corrected chi connectivity index (χ3v) is 2.47. The van der Waals surface area contributed by atoms with Crippen LogP contribution in [-0.2, 0) is 0 Å². The van der Waals surface area contributed by atoms with Crippen LogP contribution in [0.3, 0.4) is 0 Å². The molecule has 1 aromatic carbocycles. The van der Waals surface area contributed by atoms with Gasteiger partial charge in [-0.1, -0.05) is 0 Å². The number of imidazole rings is 1. The summed E-state index contributed by atoms with van der Waals surface area (Å²) in [6.45, 7) is 1.41. The van der Waals surface area contributed by atoms with Crippen LogP contribution in [0.25, 0.3) is 11.0 Å². The lowest BCUT2D eigenvalue weighted by molar-refractivity contribution is 0.100. The number of rotatable bonds is 1. The highest BCUT2D eigenvalue weighted by atomic mass is 79.9. The maximum Gasteiger partial charge on any atom is 0.195 e. The van der Waals surface area contributed by atoms with E-state index in [0.717, 1.165) is 0 Å². The van der Waals surface area contributed by atoms with E-state index < -0.39 is 0 Å². The lowest BCUT2D eigenvalue weighted by atomic mass is 10.3. The molecule has 0 aliphatic rings. The SMILES string of the molecule is CC(=O)c1nc2cc(Br)c(F)cc2[nH]1. The van der Waals surface area contributed by atoms with Gasteiger partial charge in [0.2, 0.25) is 0 Å². The van der Waals surface area contributed by atoms with Crippen molar-refractivity contribution in [3.05, 3.63) is 28.2 Å². The molecule has 0 spiro atoms. The Morgan fingerprint density at radius 1 is 1.57 bits per heavy atom. The third-order valence-electron chi connectivity index (χ3n) is 1.86. The minimum absolute atomic E-state index is 0.169. The Kier molecular flexibility index (Phi) is 2.11. The van der Waals surface area contributed by atoms with Gasteiger partial charge in [0.1, 0.15) is 5.82 Å². The fourth-order valence-corrected chi connectivity index (χ4v) is 1.50. The Balaban J connectivity index is 2.72. The van der Waals surface area contributed by atoms with Crippen LogP contribution in [0.1, 0.15) is 17.5 Å². The number of hydrogen-bond acceptors (Lipinski definition) is 2. The molecular formula is C9H6BrFN2O. The van der Waals surface area contributed by atoms with E-state index in [0.29, 0.717) is 15.5 Å². The van der Waals surface area contributed by atoms with Crippen molar-refractivity contribution in [3.63, 3.8) is 0 Å². The molecule has 1 aromatic heterocycles. The molecule has 0 bridgehead atoms. The Bertz CT molecular complexity index is 482. The van der Waals surface area contributed by atoms with Crippen LogP contribution >= 0.6 is 15.9 Å². The van der Waals surface area contributed by atoms with Crippen LogP contribution in [0.2, 0.25) is 0 Å². The van der Waals surface area contributed by atoms with Crippen molar-refractivity contribution in [1.82, 2.24) is 9.97 Å². The minimum Gasteiger partial charge on any atom is -0.335 e. The second-order valence-corrected chi connectivity index (χ2v) is 3.78.